The first-order valence-corrected chi connectivity index (χ1v) is 5.36. The molecule has 0 heterocycles. The topological polar surface area (TPSA) is 130 Å². The number of rotatable bonds is 6. The third-order valence-corrected chi connectivity index (χ3v) is 2.34. The van der Waals surface area contributed by atoms with Gasteiger partial charge < -0.3 is 24.8 Å². The van der Waals surface area contributed by atoms with Gasteiger partial charge in [-0.1, -0.05) is 12.1 Å². The van der Waals surface area contributed by atoms with Gasteiger partial charge in [0.2, 0.25) is 6.10 Å². The van der Waals surface area contributed by atoms with Crippen molar-refractivity contribution in [1.82, 2.24) is 0 Å². The molecule has 0 radical (unpaired) electrons. The van der Waals surface area contributed by atoms with Crippen molar-refractivity contribution < 1.29 is 39.2 Å². The van der Waals surface area contributed by atoms with Crippen molar-refractivity contribution in [3.8, 4) is 5.75 Å². The number of aliphatic hydroxyl groups excluding tert-OH is 1. The normalized spacial score (nSPS) is 13.1. The highest BCUT2D eigenvalue weighted by Crippen LogP contribution is 2.19. The Labute approximate surface area is 113 Å². The number of para-hydroxylation sites is 1. The third kappa shape index (κ3) is 3.45. The lowest BCUT2D eigenvalue weighted by atomic mass is 10.2. The van der Waals surface area contributed by atoms with E-state index in [2.05, 4.69) is 4.74 Å². The highest BCUT2D eigenvalue weighted by Gasteiger charge is 2.36. The van der Waals surface area contributed by atoms with Crippen molar-refractivity contribution in [2.75, 3.05) is 7.11 Å². The SMILES string of the molecule is COc1ccccc1C(=O)O[C@@H](C(=O)O)[C@@H](O)C(=O)O. The molecule has 2 atom stereocenters. The predicted octanol–water partition coefficient (Wildman–Crippen LogP) is -0.249. The Balaban J connectivity index is 2.97. The Kier molecular flexibility index (Phi) is 5.04. The van der Waals surface area contributed by atoms with Crippen LogP contribution in [0.1, 0.15) is 10.4 Å². The zero-order valence-electron chi connectivity index (χ0n) is 10.3. The lowest BCUT2D eigenvalue weighted by Gasteiger charge is -2.17. The number of carbonyl (C=O) groups is 3. The van der Waals surface area contributed by atoms with Crippen LogP contribution in [0.4, 0.5) is 0 Å². The first kappa shape index (κ1) is 15.4. The number of benzene rings is 1. The van der Waals surface area contributed by atoms with Crippen LogP contribution in [-0.2, 0) is 14.3 Å². The Bertz CT molecular complexity index is 524. The van der Waals surface area contributed by atoms with Gasteiger partial charge in [0.05, 0.1) is 7.11 Å². The summed E-state index contributed by atoms with van der Waals surface area (Å²) in [5, 5.41) is 26.5. The van der Waals surface area contributed by atoms with Gasteiger partial charge in [-0.15, -0.1) is 0 Å². The third-order valence-electron chi connectivity index (χ3n) is 2.34. The molecule has 0 aromatic heterocycles. The lowest BCUT2D eigenvalue weighted by molar-refractivity contribution is -0.166. The second kappa shape index (κ2) is 6.53. The van der Waals surface area contributed by atoms with E-state index in [1.807, 2.05) is 0 Å². The van der Waals surface area contributed by atoms with Crippen molar-refractivity contribution in [2.24, 2.45) is 0 Å². The molecule has 0 amide bonds. The molecule has 1 aromatic carbocycles. The molecule has 8 heteroatoms. The van der Waals surface area contributed by atoms with Gasteiger partial charge in [0.25, 0.3) is 0 Å². The molecule has 1 rings (SSSR count). The predicted molar refractivity (Wildman–Crippen MR) is 63.5 cm³/mol. The van der Waals surface area contributed by atoms with Crippen LogP contribution in [0.25, 0.3) is 0 Å². The Morgan fingerprint density at radius 2 is 1.70 bits per heavy atom. The van der Waals surface area contributed by atoms with E-state index in [-0.39, 0.29) is 11.3 Å². The van der Waals surface area contributed by atoms with E-state index in [1.54, 1.807) is 6.07 Å². The summed E-state index contributed by atoms with van der Waals surface area (Å²) >= 11 is 0. The standard InChI is InChI=1S/C12H12O8/c1-19-7-5-3-2-4-6(7)12(18)20-9(11(16)17)8(13)10(14)15/h2-5,8-9,13H,1H3,(H,14,15)(H,16,17)/t8-,9-/m1/s1. The Hall–Kier alpha value is -2.61. The van der Waals surface area contributed by atoms with Gasteiger partial charge in [-0.25, -0.2) is 14.4 Å². The average molecular weight is 284 g/mol. The van der Waals surface area contributed by atoms with Crippen LogP contribution in [0.15, 0.2) is 24.3 Å². The van der Waals surface area contributed by atoms with E-state index in [4.69, 9.17) is 14.9 Å². The first-order valence-electron chi connectivity index (χ1n) is 5.36. The van der Waals surface area contributed by atoms with Crippen LogP contribution in [-0.4, -0.2) is 52.5 Å². The number of hydrogen-bond acceptors (Lipinski definition) is 6. The lowest BCUT2D eigenvalue weighted by Crippen LogP contribution is -2.43. The second-order valence-corrected chi connectivity index (χ2v) is 3.65. The Morgan fingerprint density at radius 3 is 2.20 bits per heavy atom. The molecule has 0 unspecified atom stereocenters. The van der Waals surface area contributed by atoms with Crippen LogP contribution in [0.2, 0.25) is 0 Å². The monoisotopic (exact) mass is 284 g/mol. The van der Waals surface area contributed by atoms with Crippen LogP contribution < -0.4 is 4.74 Å². The van der Waals surface area contributed by atoms with Crippen molar-refractivity contribution in [3.05, 3.63) is 29.8 Å². The summed E-state index contributed by atoms with van der Waals surface area (Å²) in [6.45, 7) is 0. The first-order chi connectivity index (χ1) is 9.38. The number of carboxylic acids is 2. The molecule has 0 aliphatic carbocycles. The minimum absolute atomic E-state index is 0.0844. The van der Waals surface area contributed by atoms with Crippen LogP contribution in [0.3, 0.4) is 0 Å². The molecule has 20 heavy (non-hydrogen) atoms. The van der Waals surface area contributed by atoms with Gasteiger partial charge in [0.1, 0.15) is 11.3 Å². The number of hydrogen-bond donors (Lipinski definition) is 3. The molecular formula is C12H12O8. The molecule has 0 saturated carbocycles. The summed E-state index contributed by atoms with van der Waals surface area (Å²) in [5.41, 5.74) is -0.0844. The summed E-state index contributed by atoms with van der Waals surface area (Å²) in [4.78, 5) is 33.2. The molecule has 108 valence electrons. The van der Waals surface area contributed by atoms with Crippen LogP contribution in [0.5, 0.6) is 5.75 Å². The van der Waals surface area contributed by atoms with E-state index in [1.165, 1.54) is 25.3 Å². The second-order valence-electron chi connectivity index (χ2n) is 3.65. The van der Waals surface area contributed by atoms with Crippen LogP contribution >= 0.6 is 0 Å². The van der Waals surface area contributed by atoms with Crippen LogP contribution in [0, 0.1) is 0 Å². The molecule has 0 fully saturated rings. The van der Waals surface area contributed by atoms with E-state index < -0.39 is 30.1 Å². The molecule has 1 aromatic rings. The van der Waals surface area contributed by atoms with Gasteiger partial charge in [0.15, 0.2) is 6.10 Å². The molecule has 0 spiro atoms. The van der Waals surface area contributed by atoms with Gasteiger partial charge >= 0.3 is 17.9 Å². The number of carboxylic acid groups (broad SMARTS) is 2. The van der Waals surface area contributed by atoms with E-state index in [0.29, 0.717) is 0 Å². The summed E-state index contributed by atoms with van der Waals surface area (Å²) in [6, 6.07) is 5.83. The summed E-state index contributed by atoms with van der Waals surface area (Å²) in [7, 11) is 1.30. The molecule has 0 aliphatic rings. The molecule has 0 aliphatic heterocycles. The number of methoxy groups -OCH3 is 1. The molecule has 3 N–H and O–H groups in total. The summed E-state index contributed by atoms with van der Waals surface area (Å²) < 4.78 is 9.40. The van der Waals surface area contributed by atoms with Gasteiger partial charge in [-0.05, 0) is 12.1 Å². The van der Waals surface area contributed by atoms with Crippen molar-refractivity contribution in [3.63, 3.8) is 0 Å². The fraction of sp³-hybridized carbons (Fsp3) is 0.250. The van der Waals surface area contributed by atoms with Crippen molar-refractivity contribution >= 4 is 17.9 Å². The maximum atomic E-state index is 11.8. The maximum absolute atomic E-state index is 11.8. The smallest absolute Gasteiger partial charge is 0.348 e. The molecule has 8 nitrogen and oxygen atoms in total. The van der Waals surface area contributed by atoms with E-state index in [9.17, 15) is 19.5 Å². The maximum Gasteiger partial charge on any atom is 0.348 e. The fourth-order valence-electron chi connectivity index (χ4n) is 1.37. The fourth-order valence-corrected chi connectivity index (χ4v) is 1.37. The van der Waals surface area contributed by atoms with Gasteiger partial charge in [-0.3, -0.25) is 0 Å². The number of esters is 1. The quantitative estimate of drug-likeness (QED) is 0.609. The summed E-state index contributed by atoms with van der Waals surface area (Å²) in [6.07, 6.45) is -4.59. The number of aliphatic hydroxyl groups is 1. The minimum Gasteiger partial charge on any atom is -0.496 e. The number of carbonyl (C=O) groups excluding carboxylic acids is 1. The van der Waals surface area contributed by atoms with E-state index >= 15 is 0 Å². The average Bonchev–Trinajstić information content (AvgIpc) is 2.43. The zero-order valence-corrected chi connectivity index (χ0v) is 10.3. The highest BCUT2D eigenvalue weighted by atomic mass is 16.6. The van der Waals surface area contributed by atoms with Gasteiger partial charge in [0, 0.05) is 0 Å². The molecule has 0 saturated heterocycles. The van der Waals surface area contributed by atoms with Crippen molar-refractivity contribution in [1.29, 1.82) is 0 Å². The number of ether oxygens (including phenoxy) is 2. The largest absolute Gasteiger partial charge is 0.496 e. The Morgan fingerprint density at radius 1 is 1.10 bits per heavy atom. The highest BCUT2D eigenvalue weighted by molar-refractivity contribution is 5.95. The zero-order chi connectivity index (χ0) is 15.3. The number of aliphatic carboxylic acids is 2. The van der Waals surface area contributed by atoms with Crippen molar-refractivity contribution in [2.45, 2.75) is 12.2 Å². The molecule has 0 bridgehead atoms. The minimum atomic E-state index is -2.37. The van der Waals surface area contributed by atoms with E-state index in [0.717, 1.165) is 0 Å². The summed E-state index contributed by atoms with van der Waals surface area (Å²) in [5.74, 6) is -4.57. The molecular weight excluding hydrogens is 272 g/mol. The van der Waals surface area contributed by atoms with Gasteiger partial charge in [-0.2, -0.15) is 0 Å².